The van der Waals surface area contributed by atoms with Gasteiger partial charge in [-0.1, -0.05) is 30.3 Å². The molecule has 0 saturated carbocycles. The maximum Gasteiger partial charge on any atom is 0.293 e. The lowest BCUT2D eigenvalue weighted by Gasteiger charge is -2.14. The van der Waals surface area contributed by atoms with Crippen LogP contribution < -0.4 is 14.8 Å². The lowest BCUT2D eigenvalue weighted by Crippen LogP contribution is -2.27. The number of hydrogen-bond acceptors (Lipinski definition) is 6. The number of nitrogens with zero attached hydrogens (tertiary/aromatic N) is 1. The number of aryl methyl sites for hydroxylation is 2. The number of thioether (sulfide) groups is 1. The first-order valence-corrected chi connectivity index (χ1v) is 13.9. The van der Waals surface area contributed by atoms with Crippen LogP contribution in [0.5, 0.6) is 11.5 Å². The second-order valence-electron chi connectivity index (χ2n) is 8.69. The first-order valence-electron chi connectivity index (χ1n) is 12.0. The Balaban J connectivity index is 1.44. The van der Waals surface area contributed by atoms with Gasteiger partial charge >= 0.3 is 0 Å². The van der Waals surface area contributed by atoms with E-state index in [4.69, 9.17) is 9.47 Å². The van der Waals surface area contributed by atoms with Crippen molar-refractivity contribution in [2.45, 2.75) is 27.3 Å². The first-order chi connectivity index (χ1) is 18.2. The van der Waals surface area contributed by atoms with Crippen molar-refractivity contribution in [3.63, 3.8) is 0 Å². The number of benzene rings is 3. The molecule has 1 saturated heterocycles. The quantitative estimate of drug-likeness (QED) is 0.210. The van der Waals surface area contributed by atoms with Gasteiger partial charge < -0.3 is 14.8 Å². The summed E-state index contributed by atoms with van der Waals surface area (Å²) in [6.45, 7) is 6.16. The van der Waals surface area contributed by atoms with E-state index in [1.165, 1.54) is 4.90 Å². The summed E-state index contributed by atoms with van der Waals surface area (Å²) in [5.74, 6) is 0.234. The molecule has 3 aromatic carbocycles. The van der Waals surface area contributed by atoms with E-state index >= 15 is 0 Å². The van der Waals surface area contributed by atoms with Crippen LogP contribution in [0.25, 0.3) is 6.08 Å². The summed E-state index contributed by atoms with van der Waals surface area (Å²) in [5, 5.41) is 2.57. The Morgan fingerprint density at radius 1 is 1.00 bits per heavy atom. The number of ether oxygens (including phenoxy) is 2. The summed E-state index contributed by atoms with van der Waals surface area (Å²) in [6, 6.07) is 18.7. The van der Waals surface area contributed by atoms with Crippen molar-refractivity contribution in [1.82, 2.24) is 4.90 Å². The van der Waals surface area contributed by atoms with Gasteiger partial charge in [0.1, 0.15) is 0 Å². The Bertz CT molecular complexity index is 1400. The summed E-state index contributed by atoms with van der Waals surface area (Å²) in [4.78, 5) is 39.6. The Labute approximate surface area is 239 Å². The maximum atomic E-state index is 13.0. The van der Waals surface area contributed by atoms with E-state index in [0.717, 1.165) is 37.7 Å². The van der Waals surface area contributed by atoms with Crippen molar-refractivity contribution in [3.05, 3.63) is 91.4 Å². The monoisotopic (exact) mass is 642 g/mol. The summed E-state index contributed by atoms with van der Waals surface area (Å²) >= 11 is 3.12. The maximum absolute atomic E-state index is 13.0. The summed E-state index contributed by atoms with van der Waals surface area (Å²) < 4.78 is 12.6. The van der Waals surface area contributed by atoms with Crippen LogP contribution in [0.1, 0.15) is 29.2 Å². The zero-order valence-corrected chi connectivity index (χ0v) is 24.2. The van der Waals surface area contributed by atoms with Crippen LogP contribution >= 0.6 is 34.4 Å². The molecule has 0 bridgehead atoms. The summed E-state index contributed by atoms with van der Waals surface area (Å²) in [7, 11) is 0. The standard InChI is InChI=1S/C29H27IN2O5S/c1-4-36-25-14-21(9-12-24(25)37-17-27(33)31-23-13-18(2)5-6-19(23)3)15-26-28(34)32(29(35)38-26)16-20-7-10-22(30)11-8-20/h5-15H,4,16-17H2,1-3H3,(H,31,33)/b26-15-. The van der Waals surface area contributed by atoms with Crippen LogP contribution in [0.3, 0.4) is 0 Å². The van der Waals surface area contributed by atoms with Gasteiger partial charge in [0.25, 0.3) is 17.1 Å². The van der Waals surface area contributed by atoms with Crippen LogP contribution in [-0.4, -0.2) is 35.2 Å². The summed E-state index contributed by atoms with van der Waals surface area (Å²) in [6.07, 6.45) is 1.67. The second kappa shape index (κ2) is 12.5. The molecule has 0 atom stereocenters. The van der Waals surface area contributed by atoms with Crippen molar-refractivity contribution < 1.29 is 23.9 Å². The molecule has 0 unspecified atom stereocenters. The van der Waals surface area contributed by atoms with Crippen LogP contribution in [0.4, 0.5) is 10.5 Å². The molecule has 7 nitrogen and oxygen atoms in total. The van der Waals surface area contributed by atoms with E-state index in [9.17, 15) is 14.4 Å². The number of anilines is 1. The van der Waals surface area contributed by atoms with Crippen molar-refractivity contribution in [1.29, 1.82) is 0 Å². The van der Waals surface area contributed by atoms with Crippen molar-refractivity contribution in [3.8, 4) is 11.5 Å². The minimum Gasteiger partial charge on any atom is -0.490 e. The van der Waals surface area contributed by atoms with Crippen molar-refractivity contribution >= 4 is 63.2 Å². The lowest BCUT2D eigenvalue weighted by molar-refractivity contribution is -0.123. The smallest absolute Gasteiger partial charge is 0.293 e. The predicted octanol–water partition coefficient (Wildman–Crippen LogP) is 6.56. The number of nitrogens with one attached hydrogen (secondary N) is 1. The average molecular weight is 643 g/mol. The second-order valence-corrected chi connectivity index (χ2v) is 10.9. The highest BCUT2D eigenvalue weighted by Gasteiger charge is 2.35. The number of carbonyl (C=O) groups excluding carboxylic acids is 3. The molecule has 1 N–H and O–H groups in total. The topological polar surface area (TPSA) is 84.9 Å². The molecule has 0 radical (unpaired) electrons. The highest BCUT2D eigenvalue weighted by Crippen LogP contribution is 2.35. The predicted molar refractivity (Wildman–Crippen MR) is 158 cm³/mol. The molecule has 3 aromatic rings. The molecule has 1 fully saturated rings. The Morgan fingerprint density at radius 3 is 2.50 bits per heavy atom. The zero-order valence-electron chi connectivity index (χ0n) is 21.2. The van der Waals surface area contributed by atoms with E-state index in [0.29, 0.717) is 28.6 Å². The molecule has 0 aliphatic carbocycles. The van der Waals surface area contributed by atoms with Crippen LogP contribution in [-0.2, 0) is 16.1 Å². The van der Waals surface area contributed by atoms with Crippen molar-refractivity contribution in [2.24, 2.45) is 0 Å². The summed E-state index contributed by atoms with van der Waals surface area (Å²) in [5.41, 5.74) is 4.33. The highest BCUT2D eigenvalue weighted by atomic mass is 127. The number of amides is 3. The molecular weight excluding hydrogens is 615 g/mol. The number of hydrogen-bond donors (Lipinski definition) is 1. The fourth-order valence-corrected chi connectivity index (χ4v) is 4.96. The molecule has 38 heavy (non-hydrogen) atoms. The lowest BCUT2D eigenvalue weighted by atomic mass is 10.1. The van der Waals surface area contributed by atoms with Crippen molar-refractivity contribution in [2.75, 3.05) is 18.5 Å². The number of carbonyl (C=O) groups is 3. The van der Waals surface area contributed by atoms with Gasteiger partial charge in [-0.3, -0.25) is 19.3 Å². The number of imide groups is 1. The molecule has 0 spiro atoms. The zero-order chi connectivity index (χ0) is 27.2. The fourth-order valence-electron chi connectivity index (χ4n) is 3.76. The van der Waals surface area contributed by atoms with E-state index in [2.05, 4.69) is 27.9 Å². The van der Waals surface area contributed by atoms with Gasteiger partial charge in [-0.05, 0) is 114 Å². The largest absolute Gasteiger partial charge is 0.490 e. The molecule has 196 valence electrons. The first kappa shape index (κ1) is 27.7. The molecule has 1 heterocycles. The van der Waals surface area contributed by atoms with Crippen LogP contribution in [0.2, 0.25) is 0 Å². The molecule has 9 heteroatoms. The molecule has 1 aliphatic rings. The third-order valence-electron chi connectivity index (χ3n) is 5.72. The highest BCUT2D eigenvalue weighted by molar-refractivity contribution is 14.1. The van der Waals surface area contributed by atoms with Gasteiger partial charge in [0.15, 0.2) is 18.1 Å². The van der Waals surface area contributed by atoms with E-state index in [-0.39, 0.29) is 30.2 Å². The fraction of sp³-hybridized carbons (Fsp3) is 0.207. The van der Waals surface area contributed by atoms with E-state index in [1.807, 2.05) is 63.2 Å². The Morgan fingerprint density at radius 2 is 1.76 bits per heavy atom. The van der Waals surface area contributed by atoms with E-state index < -0.39 is 0 Å². The molecule has 3 amide bonds. The normalized spacial score (nSPS) is 14.2. The molecule has 0 aromatic heterocycles. The molecular formula is C29H27IN2O5S. The Hall–Kier alpha value is -3.31. The minimum absolute atomic E-state index is 0.190. The number of rotatable bonds is 9. The van der Waals surface area contributed by atoms with Gasteiger partial charge in [0.2, 0.25) is 0 Å². The van der Waals surface area contributed by atoms with Gasteiger partial charge in [-0.15, -0.1) is 0 Å². The Kier molecular flexibility index (Phi) is 9.11. The van der Waals surface area contributed by atoms with E-state index in [1.54, 1.807) is 24.3 Å². The minimum atomic E-state index is -0.333. The SMILES string of the molecule is CCOc1cc(/C=C2\SC(=O)N(Cc3ccc(I)cc3)C2=O)ccc1OCC(=O)Nc1cc(C)ccc1C. The van der Waals surface area contributed by atoms with Crippen LogP contribution in [0, 0.1) is 17.4 Å². The third kappa shape index (κ3) is 6.96. The van der Waals surface area contributed by atoms with Gasteiger partial charge in [0.05, 0.1) is 18.1 Å². The molecule has 4 rings (SSSR count). The number of halogens is 1. The molecule has 1 aliphatic heterocycles. The van der Waals surface area contributed by atoms with Gasteiger partial charge in [-0.2, -0.15) is 0 Å². The average Bonchev–Trinajstić information content (AvgIpc) is 3.14. The van der Waals surface area contributed by atoms with Crippen LogP contribution in [0.15, 0.2) is 65.6 Å². The third-order valence-corrected chi connectivity index (χ3v) is 7.35. The van der Waals surface area contributed by atoms with Gasteiger partial charge in [0, 0.05) is 9.26 Å². The van der Waals surface area contributed by atoms with Gasteiger partial charge in [-0.25, -0.2) is 0 Å².